The van der Waals surface area contributed by atoms with Gasteiger partial charge < -0.3 is 14.6 Å². The molecule has 1 rings (SSSR count). The molecule has 0 spiro atoms. The van der Waals surface area contributed by atoms with Crippen molar-refractivity contribution in [1.29, 1.82) is 0 Å². The Morgan fingerprint density at radius 3 is 2.71 bits per heavy atom. The van der Waals surface area contributed by atoms with Crippen molar-refractivity contribution in [1.82, 2.24) is 0 Å². The van der Waals surface area contributed by atoms with Gasteiger partial charge in [-0.2, -0.15) is 0 Å². The number of hydrogen-bond acceptors (Lipinski definition) is 3. The maximum absolute atomic E-state index is 9.77. The van der Waals surface area contributed by atoms with Crippen molar-refractivity contribution in [2.24, 2.45) is 0 Å². The zero-order chi connectivity index (χ0) is 12.3. The summed E-state index contributed by atoms with van der Waals surface area (Å²) in [5, 5.41) is 9.77. The zero-order valence-electron chi connectivity index (χ0n) is 11.2. The van der Waals surface area contributed by atoms with Crippen LogP contribution in [0.25, 0.3) is 0 Å². The largest absolute Gasteiger partial charge is 0.388 e. The summed E-state index contributed by atoms with van der Waals surface area (Å²) in [7, 11) is 0. The molecule has 17 heavy (non-hydrogen) atoms. The van der Waals surface area contributed by atoms with Gasteiger partial charge >= 0.3 is 0 Å². The van der Waals surface area contributed by atoms with E-state index in [9.17, 15) is 5.11 Å². The predicted octanol–water partition coefficient (Wildman–Crippen LogP) is 2.90. The van der Waals surface area contributed by atoms with E-state index < -0.39 is 6.10 Å². The van der Waals surface area contributed by atoms with Crippen LogP contribution in [0.2, 0.25) is 0 Å². The molecular formula is C14H28O3. The molecule has 0 aromatic carbocycles. The first-order chi connectivity index (χ1) is 8.34. The van der Waals surface area contributed by atoms with E-state index in [0.717, 1.165) is 32.5 Å². The third kappa shape index (κ3) is 7.02. The van der Waals surface area contributed by atoms with E-state index in [0.29, 0.717) is 6.61 Å². The highest BCUT2D eigenvalue weighted by Gasteiger charge is 2.23. The lowest BCUT2D eigenvalue weighted by molar-refractivity contribution is -0.0484. The molecule has 1 aliphatic rings. The van der Waals surface area contributed by atoms with Crippen molar-refractivity contribution in [3.05, 3.63) is 0 Å². The van der Waals surface area contributed by atoms with Gasteiger partial charge in [0.25, 0.3) is 0 Å². The molecule has 0 radical (unpaired) electrons. The molecule has 0 aromatic heterocycles. The Morgan fingerprint density at radius 2 is 2.00 bits per heavy atom. The van der Waals surface area contributed by atoms with Crippen molar-refractivity contribution in [3.63, 3.8) is 0 Å². The highest BCUT2D eigenvalue weighted by Crippen LogP contribution is 2.15. The van der Waals surface area contributed by atoms with Crippen LogP contribution >= 0.6 is 0 Å². The lowest BCUT2D eigenvalue weighted by Crippen LogP contribution is -2.30. The van der Waals surface area contributed by atoms with Crippen molar-refractivity contribution in [2.45, 2.75) is 70.5 Å². The first-order valence-electron chi connectivity index (χ1n) is 7.22. The summed E-state index contributed by atoms with van der Waals surface area (Å²) in [6.45, 7) is 4.23. The Morgan fingerprint density at radius 1 is 1.24 bits per heavy atom. The van der Waals surface area contributed by atoms with Gasteiger partial charge in [0.15, 0.2) is 0 Å². The van der Waals surface area contributed by atoms with E-state index in [-0.39, 0.29) is 6.10 Å². The monoisotopic (exact) mass is 244 g/mol. The van der Waals surface area contributed by atoms with E-state index in [1.54, 1.807) is 0 Å². The highest BCUT2D eigenvalue weighted by molar-refractivity contribution is 4.73. The Bertz CT molecular complexity index is 167. The quantitative estimate of drug-likeness (QED) is 0.601. The average Bonchev–Trinajstić information content (AvgIpc) is 2.86. The summed E-state index contributed by atoms with van der Waals surface area (Å²) in [5.41, 5.74) is 0. The Labute approximate surface area is 105 Å². The Kier molecular flexibility index (Phi) is 8.67. The van der Waals surface area contributed by atoms with Gasteiger partial charge in [-0.15, -0.1) is 0 Å². The van der Waals surface area contributed by atoms with E-state index in [1.165, 1.54) is 32.1 Å². The second-order valence-electron chi connectivity index (χ2n) is 4.96. The standard InChI is InChI=1S/C14H28O3/c1-2-3-4-5-6-7-10-16-12-13(15)14-9-8-11-17-14/h13-15H,2-12H2,1H3. The van der Waals surface area contributed by atoms with Gasteiger partial charge in [0.1, 0.15) is 6.10 Å². The molecule has 0 aliphatic carbocycles. The van der Waals surface area contributed by atoms with Crippen LogP contribution in [0.3, 0.4) is 0 Å². The van der Waals surface area contributed by atoms with Crippen LogP contribution in [0, 0.1) is 0 Å². The molecule has 3 nitrogen and oxygen atoms in total. The molecule has 1 heterocycles. The zero-order valence-corrected chi connectivity index (χ0v) is 11.2. The van der Waals surface area contributed by atoms with E-state index in [2.05, 4.69) is 6.92 Å². The highest BCUT2D eigenvalue weighted by atomic mass is 16.5. The van der Waals surface area contributed by atoms with Crippen LogP contribution in [0.4, 0.5) is 0 Å². The fourth-order valence-corrected chi connectivity index (χ4v) is 2.20. The van der Waals surface area contributed by atoms with Crippen LogP contribution in [-0.4, -0.2) is 37.1 Å². The van der Waals surface area contributed by atoms with Gasteiger partial charge in [-0.1, -0.05) is 39.0 Å². The normalized spacial score (nSPS) is 21.9. The molecular weight excluding hydrogens is 216 g/mol. The minimum absolute atomic E-state index is 0.0135. The molecule has 0 saturated carbocycles. The van der Waals surface area contributed by atoms with Crippen LogP contribution in [0.5, 0.6) is 0 Å². The first kappa shape index (κ1) is 14.9. The second kappa shape index (κ2) is 9.86. The molecule has 0 amide bonds. The van der Waals surface area contributed by atoms with Crippen LogP contribution in [0.15, 0.2) is 0 Å². The van der Waals surface area contributed by atoms with Crippen LogP contribution in [-0.2, 0) is 9.47 Å². The van der Waals surface area contributed by atoms with Gasteiger partial charge in [-0.3, -0.25) is 0 Å². The number of ether oxygens (including phenoxy) is 2. The fourth-order valence-electron chi connectivity index (χ4n) is 2.20. The third-order valence-corrected chi connectivity index (χ3v) is 3.32. The smallest absolute Gasteiger partial charge is 0.103 e. The molecule has 102 valence electrons. The number of rotatable bonds is 10. The lowest BCUT2D eigenvalue weighted by Gasteiger charge is -2.17. The van der Waals surface area contributed by atoms with Gasteiger partial charge in [-0.05, 0) is 19.3 Å². The summed E-state index contributed by atoms with van der Waals surface area (Å²) in [5.74, 6) is 0. The summed E-state index contributed by atoms with van der Waals surface area (Å²) < 4.78 is 10.9. The minimum atomic E-state index is -0.433. The van der Waals surface area contributed by atoms with Gasteiger partial charge in [0, 0.05) is 13.2 Å². The van der Waals surface area contributed by atoms with Crippen LogP contribution in [0.1, 0.15) is 58.3 Å². The van der Waals surface area contributed by atoms with Gasteiger partial charge in [0.2, 0.25) is 0 Å². The topological polar surface area (TPSA) is 38.7 Å². The Balaban J connectivity index is 1.83. The van der Waals surface area contributed by atoms with E-state index >= 15 is 0 Å². The predicted molar refractivity (Wildman–Crippen MR) is 69.2 cm³/mol. The SMILES string of the molecule is CCCCCCCCOCC(O)C1CCCO1. The lowest BCUT2D eigenvalue weighted by atomic mass is 10.1. The fraction of sp³-hybridized carbons (Fsp3) is 1.00. The summed E-state index contributed by atoms with van der Waals surface area (Å²) in [4.78, 5) is 0. The minimum Gasteiger partial charge on any atom is -0.388 e. The molecule has 0 aromatic rings. The van der Waals surface area contributed by atoms with Gasteiger partial charge in [0.05, 0.1) is 12.7 Å². The summed E-state index contributed by atoms with van der Waals surface area (Å²) >= 11 is 0. The first-order valence-corrected chi connectivity index (χ1v) is 7.22. The van der Waals surface area contributed by atoms with Crippen molar-refractivity contribution in [2.75, 3.05) is 19.8 Å². The van der Waals surface area contributed by atoms with E-state index in [4.69, 9.17) is 9.47 Å². The van der Waals surface area contributed by atoms with Crippen LogP contribution < -0.4 is 0 Å². The number of hydrogen-bond donors (Lipinski definition) is 1. The molecule has 0 bridgehead atoms. The number of aliphatic hydroxyl groups is 1. The molecule has 1 aliphatic heterocycles. The van der Waals surface area contributed by atoms with Crippen molar-refractivity contribution >= 4 is 0 Å². The summed E-state index contributed by atoms with van der Waals surface area (Å²) in [6, 6.07) is 0. The Hall–Kier alpha value is -0.120. The maximum atomic E-state index is 9.77. The second-order valence-corrected chi connectivity index (χ2v) is 4.96. The molecule has 1 saturated heterocycles. The average molecular weight is 244 g/mol. The van der Waals surface area contributed by atoms with Gasteiger partial charge in [-0.25, -0.2) is 0 Å². The molecule has 1 N–H and O–H groups in total. The number of aliphatic hydroxyl groups excluding tert-OH is 1. The van der Waals surface area contributed by atoms with E-state index in [1.807, 2.05) is 0 Å². The van der Waals surface area contributed by atoms with Crippen molar-refractivity contribution in [3.8, 4) is 0 Å². The molecule has 2 unspecified atom stereocenters. The number of unbranched alkanes of at least 4 members (excludes halogenated alkanes) is 5. The van der Waals surface area contributed by atoms with Crippen molar-refractivity contribution < 1.29 is 14.6 Å². The molecule has 2 atom stereocenters. The third-order valence-electron chi connectivity index (χ3n) is 3.32. The molecule has 3 heteroatoms. The maximum Gasteiger partial charge on any atom is 0.103 e. The summed E-state index contributed by atoms with van der Waals surface area (Å²) in [6.07, 6.45) is 9.28. The molecule has 1 fully saturated rings.